The highest BCUT2D eigenvalue weighted by molar-refractivity contribution is 5.88. The molecule has 0 fully saturated rings. The average molecular weight is 384 g/mol. The van der Waals surface area contributed by atoms with Crippen LogP contribution >= 0.6 is 0 Å². The third-order valence-corrected chi connectivity index (χ3v) is 3.90. The van der Waals surface area contributed by atoms with Crippen LogP contribution in [0.5, 0.6) is 5.75 Å². The summed E-state index contributed by atoms with van der Waals surface area (Å²) in [6, 6.07) is 15.3. The molecule has 0 aliphatic rings. The van der Waals surface area contributed by atoms with Crippen LogP contribution < -0.4 is 26.6 Å². The van der Waals surface area contributed by atoms with Crippen LogP contribution in [-0.4, -0.2) is 30.5 Å². The van der Waals surface area contributed by atoms with E-state index in [1.807, 2.05) is 48.5 Å². The second kappa shape index (κ2) is 9.96. The van der Waals surface area contributed by atoms with E-state index < -0.39 is 23.9 Å². The van der Waals surface area contributed by atoms with Gasteiger partial charge in [-0.15, -0.1) is 0 Å². The fourth-order valence-electron chi connectivity index (χ4n) is 2.53. The van der Waals surface area contributed by atoms with E-state index in [1.165, 1.54) is 0 Å². The molecule has 8 heteroatoms. The maximum atomic E-state index is 12.1. The highest BCUT2D eigenvalue weighted by atomic mass is 16.5. The first kappa shape index (κ1) is 20.8. The molecular formula is C20H24N4O4. The van der Waals surface area contributed by atoms with Gasteiger partial charge in [-0.3, -0.25) is 20.4 Å². The molecule has 0 radical (unpaired) electrons. The lowest BCUT2D eigenvalue weighted by Gasteiger charge is -2.20. The molecule has 0 heterocycles. The lowest BCUT2D eigenvalue weighted by molar-refractivity contribution is -0.131. The number of ether oxygens (including phenoxy) is 1. The third-order valence-electron chi connectivity index (χ3n) is 3.90. The molecule has 2 aromatic carbocycles. The standard InChI is InChI=1S/C20H24N4O4/c1-13(2)18(22-20(21)27)19(26)24-23-17(25)12-28-16-11-7-6-10-15(16)14-8-4-3-5-9-14/h3-11,13,18H,12H2,1-2H3,(H,23,25)(H,24,26)(H3,21,22,27)/t18-/m0/s1. The van der Waals surface area contributed by atoms with Gasteiger partial charge in [-0.25, -0.2) is 4.79 Å². The van der Waals surface area contributed by atoms with Crippen molar-refractivity contribution < 1.29 is 19.1 Å². The maximum absolute atomic E-state index is 12.1. The Labute approximate surface area is 163 Å². The molecule has 8 nitrogen and oxygen atoms in total. The smallest absolute Gasteiger partial charge is 0.312 e. The van der Waals surface area contributed by atoms with Crippen molar-refractivity contribution in [2.24, 2.45) is 11.7 Å². The SMILES string of the molecule is CC(C)[C@H](NC(N)=O)C(=O)NNC(=O)COc1ccccc1-c1ccccc1. The van der Waals surface area contributed by atoms with Crippen molar-refractivity contribution in [2.75, 3.05) is 6.61 Å². The first-order valence-electron chi connectivity index (χ1n) is 8.80. The molecule has 0 saturated carbocycles. The minimum absolute atomic E-state index is 0.210. The molecule has 0 aromatic heterocycles. The number of urea groups is 1. The number of carbonyl (C=O) groups is 3. The molecule has 0 aliphatic heterocycles. The normalized spacial score (nSPS) is 11.4. The number of carbonyl (C=O) groups excluding carboxylic acids is 3. The number of hydrogen-bond donors (Lipinski definition) is 4. The van der Waals surface area contributed by atoms with Crippen LogP contribution in [0, 0.1) is 5.92 Å². The van der Waals surface area contributed by atoms with E-state index in [-0.39, 0.29) is 12.5 Å². The zero-order valence-electron chi connectivity index (χ0n) is 15.8. The molecule has 2 rings (SSSR count). The van der Waals surface area contributed by atoms with Crippen LogP contribution in [-0.2, 0) is 9.59 Å². The Kier molecular flexibility index (Phi) is 7.38. The summed E-state index contributed by atoms with van der Waals surface area (Å²) in [6.07, 6.45) is 0. The first-order valence-corrected chi connectivity index (χ1v) is 8.80. The van der Waals surface area contributed by atoms with Crippen molar-refractivity contribution in [3.05, 3.63) is 54.6 Å². The van der Waals surface area contributed by atoms with E-state index in [0.29, 0.717) is 5.75 Å². The number of hydrazine groups is 1. The number of primary amides is 1. The molecule has 1 atom stereocenters. The molecule has 0 saturated heterocycles. The second-order valence-corrected chi connectivity index (χ2v) is 6.42. The van der Waals surface area contributed by atoms with E-state index in [1.54, 1.807) is 19.9 Å². The maximum Gasteiger partial charge on any atom is 0.312 e. The molecule has 5 N–H and O–H groups in total. The number of hydrogen-bond acceptors (Lipinski definition) is 4. The molecule has 0 aliphatic carbocycles. The third kappa shape index (κ3) is 6.01. The van der Waals surface area contributed by atoms with Crippen molar-refractivity contribution >= 4 is 17.8 Å². The van der Waals surface area contributed by atoms with Crippen LogP contribution in [0.15, 0.2) is 54.6 Å². The molecule has 2 aromatic rings. The van der Waals surface area contributed by atoms with Crippen LogP contribution in [0.25, 0.3) is 11.1 Å². The molecular weight excluding hydrogens is 360 g/mol. The van der Waals surface area contributed by atoms with Crippen molar-refractivity contribution in [1.29, 1.82) is 0 Å². The van der Waals surface area contributed by atoms with E-state index >= 15 is 0 Å². The van der Waals surface area contributed by atoms with Crippen LogP contribution in [0.3, 0.4) is 0 Å². The van der Waals surface area contributed by atoms with Gasteiger partial charge >= 0.3 is 6.03 Å². The summed E-state index contributed by atoms with van der Waals surface area (Å²) in [7, 11) is 0. The van der Waals surface area contributed by atoms with E-state index in [2.05, 4.69) is 16.2 Å². The van der Waals surface area contributed by atoms with Gasteiger partial charge in [-0.1, -0.05) is 62.4 Å². The predicted molar refractivity (Wildman–Crippen MR) is 105 cm³/mol. The van der Waals surface area contributed by atoms with E-state index in [4.69, 9.17) is 10.5 Å². The average Bonchev–Trinajstić information content (AvgIpc) is 2.69. The summed E-state index contributed by atoms with van der Waals surface area (Å²) < 4.78 is 5.61. The topological polar surface area (TPSA) is 123 Å². The Morgan fingerprint density at radius 2 is 1.61 bits per heavy atom. The quantitative estimate of drug-likeness (QED) is 0.541. The number of nitrogens with two attached hydrogens (primary N) is 1. The fraction of sp³-hybridized carbons (Fsp3) is 0.250. The van der Waals surface area contributed by atoms with Crippen LogP contribution in [0.1, 0.15) is 13.8 Å². The van der Waals surface area contributed by atoms with Crippen molar-refractivity contribution in [3.63, 3.8) is 0 Å². The molecule has 0 bridgehead atoms. The molecule has 28 heavy (non-hydrogen) atoms. The summed E-state index contributed by atoms with van der Waals surface area (Å²) in [4.78, 5) is 35.1. The number of para-hydroxylation sites is 1. The molecule has 0 unspecified atom stereocenters. The Morgan fingerprint density at radius 1 is 0.964 bits per heavy atom. The van der Waals surface area contributed by atoms with Gasteiger partial charge in [0.25, 0.3) is 11.8 Å². The molecule has 148 valence electrons. The van der Waals surface area contributed by atoms with E-state index in [0.717, 1.165) is 11.1 Å². The first-order chi connectivity index (χ1) is 13.4. The number of benzene rings is 2. The minimum Gasteiger partial charge on any atom is -0.483 e. The van der Waals surface area contributed by atoms with Gasteiger partial charge in [0.05, 0.1) is 0 Å². The zero-order valence-corrected chi connectivity index (χ0v) is 15.8. The Morgan fingerprint density at radius 3 is 2.25 bits per heavy atom. The van der Waals surface area contributed by atoms with Gasteiger partial charge < -0.3 is 15.8 Å². The molecule has 0 spiro atoms. The van der Waals surface area contributed by atoms with Crippen molar-refractivity contribution in [3.8, 4) is 16.9 Å². The van der Waals surface area contributed by atoms with Gasteiger partial charge in [0.2, 0.25) is 0 Å². The van der Waals surface area contributed by atoms with Gasteiger partial charge in [0, 0.05) is 5.56 Å². The predicted octanol–water partition coefficient (Wildman–Crippen LogP) is 1.57. The summed E-state index contributed by atoms with van der Waals surface area (Å²) in [6.45, 7) is 3.19. The number of amides is 4. The van der Waals surface area contributed by atoms with Gasteiger partial charge in [0.15, 0.2) is 6.61 Å². The van der Waals surface area contributed by atoms with Gasteiger partial charge in [-0.05, 0) is 17.5 Å². The lowest BCUT2D eigenvalue weighted by Crippen LogP contribution is -2.55. The van der Waals surface area contributed by atoms with Crippen LogP contribution in [0.4, 0.5) is 4.79 Å². The Balaban J connectivity index is 1.91. The Hall–Kier alpha value is -3.55. The number of nitrogens with one attached hydrogen (secondary N) is 3. The lowest BCUT2D eigenvalue weighted by atomic mass is 10.0. The second-order valence-electron chi connectivity index (χ2n) is 6.42. The number of rotatable bonds is 7. The largest absolute Gasteiger partial charge is 0.483 e. The van der Waals surface area contributed by atoms with Crippen LogP contribution in [0.2, 0.25) is 0 Å². The summed E-state index contributed by atoms with van der Waals surface area (Å²) >= 11 is 0. The van der Waals surface area contributed by atoms with Gasteiger partial charge in [0.1, 0.15) is 11.8 Å². The monoisotopic (exact) mass is 384 g/mol. The Bertz CT molecular complexity index is 824. The molecule has 4 amide bonds. The van der Waals surface area contributed by atoms with Crippen molar-refractivity contribution in [2.45, 2.75) is 19.9 Å². The highest BCUT2D eigenvalue weighted by Gasteiger charge is 2.23. The summed E-state index contributed by atoms with van der Waals surface area (Å²) in [5, 5.41) is 2.33. The zero-order chi connectivity index (χ0) is 20.5. The highest BCUT2D eigenvalue weighted by Crippen LogP contribution is 2.29. The summed E-state index contributed by atoms with van der Waals surface area (Å²) in [5.74, 6) is -0.784. The van der Waals surface area contributed by atoms with Gasteiger partial charge in [-0.2, -0.15) is 0 Å². The summed E-state index contributed by atoms with van der Waals surface area (Å²) in [5.41, 5.74) is 11.4. The minimum atomic E-state index is -0.863. The fourth-order valence-corrected chi connectivity index (χ4v) is 2.53. The van der Waals surface area contributed by atoms with Crippen molar-refractivity contribution in [1.82, 2.24) is 16.2 Å². The van der Waals surface area contributed by atoms with E-state index in [9.17, 15) is 14.4 Å².